The van der Waals surface area contributed by atoms with Gasteiger partial charge in [-0.05, 0) is 64.4 Å². The molecule has 0 radical (unpaired) electrons. The molecular formula is C22H26N4O2S2. The van der Waals surface area contributed by atoms with Crippen molar-refractivity contribution in [2.45, 2.75) is 39.6 Å². The number of nitrogens with zero attached hydrogens (tertiary/aromatic N) is 3. The van der Waals surface area contributed by atoms with Crippen LogP contribution in [0.4, 0.5) is 5.69 Å². The molecule has 0 unspecified atom stereocenters. The van der Waals surface area contributed by atoms with E-state index in [4.69, 9.17) is 0 Å². The maximum atomic E-state index is 12.5. The van der Waals surface area contributed by atoms with Gasteiger partial charge in [0, 0.05) is 34.6 Å². The number of aromatic nitrogens is 2. The lowest BCUT2D eigenvalue weighted by molar-refractivity contribution is -0.113. The number of fused-ring (bicyclic) bond motifs is 1. The summed E-state index contributed by atoms with van der Waals surface area (Å²) in [6.45, 7) is 11.3. The first-order valence-corrected chi connectivity index (χ1v) is 11.7. The van der Waals surface area contributed by atoms with Crippen molar-refractivity contribution in [3.63, 3.8) is 0 Å². The molecule has 0 spiro atoms. The number of carbonyl (C=O) groups excluding carboxylic acids is 2. The van der Waals surface area contributed by atoms with E-state index in [1.807, 2.05) is 20.8 Å². The first-order valence-electron chi connectivity index (χ1n) is 9.90. The number of amides is 2. The van der Waals surface area contributed by atoms with Crippen LogP contribution in [0.15, 0.2) is 29.3 Å². The van der Waals surface area contributed by atoms with Crippen molar-refractivity contribution in [1.29, 1.82) is 0 Å². The minimum absolute atomic E-state index is 0.00185. The van der Waals surface area contributed by atoms with Crippen LogP contribution in [-0.2, 0) is 4.79 Å². The molecule has 1 aromatic carbocycles. The number of thiophene rings is 1. The van der Waals surface area contributed by atoms with Crippen molar-refractivity contribution in [3.8, 4) is 0 Å². The molecule has 30 heavy (non-hydrogen) atoms. The largest absolute Gasteiger partial charge is 0.339 e. The first-order chi connectivity index (χ1) is 14.3. The molecule has 3 rings (SSSR count). The van der Waals surface area contributed by atoms with Gasteiger partial charge in [-0.25, -0.2) is 9.97 Å². The number of anilines is 1. The molecule has 0 saturated carbocycles. The van der Waals surface area contributed by atoms with Crippen molar-refractivity contribution >= 4 is 50.8 Å². The van der Waals surface area contributed by atoms with Crippen LogP contribution in [0.5, 0.6) is 0 Å². The Morgan fingerprint density at radius 1 is 1.07 bits per heavy atom. The number of thioether (sulfide) groups is 1. The number of nitrogens with one attached hydrogen (secondary N) is 1. The van der Waals surface area contributed by atoms with E-state index < -0.39 is 0 Å². The third-order valence-corrected chi connectivity index (χ3v) is 6.99. The van der Waals surface area contributed by atoms with Crippen LogP contribution in [0.3, 0.4) is 0 Å². The van der Waals surface area contributed by atoms with Gasteiger partial charge >= 0.3 is 0 Å². The zero-order chi connectivity index (χ0) is 21.8. The number of hydrogen-bond donors (Lipinski definition) is 1. The highest BCUT2D eigenvalue weighted by molar-refractivity contribution is 8.00. The highest BCUT2D eigenvalue weighted by atomic mass is 32.2. The van der Waals surface area contributed by atoms with Gasteiger partial charge in [0.2, 0.25) is 5.91 Å². The van der Waals surface area contributed by atoms with Crippen molar-refractivity contribution in [3.05, 3.63) is 46.1 Å². The van der Waals surface area contributed by atoms with Gasteiger partial charge in [-0.1, -0.05) is 11.8 Å². The third kappa shape index (κ3) is 4.82. The Balaban J connectivity index is 1.66. The maximum absolute atomic E-state index is 12.5. The van der Waals surface area contributed by atoms with E-state index in [1.54, 1.807) is 40.5 Å². The fourth-order valence-corrected chi connectivity index (χ4v) is 5.21. The normalized spacial score (nSPS) is 11.0. The number of rotatable bonds is 7. The molecule has 0 bridgehead atoms. The maximum Gasteiger partial charge on any atom is 0.253 e. The van der Waals surface area contributed by atoms with Gasteiger partial charge in [-0.15, -0.1) is 11.3 Å². The summed E-state index contributed by atoms with van der Waals surface area (Å²) in [6.07, 6.45) is 0. The van der Waals surface area contributed by atoms with Crippen LogP contribution in [0.25, 0.3) is 10.2 Å². The minimum atomic E-state index is -0.114. The molecule has 0 aliphatic rings. The summed E-state index contributed by atoms with van der Waals surface area (Å²) in [4.78, 5) is 37.9. The molecule has 158 valence electrons. The zero-order valence-corrected chi connectivity index (χ0v) is 19.5. The number of benzene rings is 1. The second kappa shape index (κ2) is 9.57. The van der Waals surface area contributed by atoms with E-state index in [1.165, 1.54) is 22.2 Å². The SMILES string of the molecule is CCN(CC)C(=O)c1ccc(NC(=O)CSc2nc(C)nc3sc(C)c(C)c23)cc1. The zero-order valence-electron chi connectivity index (χ0n) is 17.9. The van der Waals surface area contributed by atoms with Crippen LogP contribution < -0.4 is 5.32 Å². The molecule has 1 N–H and O–H groups in total. The summed E-state index contributed by atoms with van der Waals surface area (Å²) in [5.74, 6) is 0.843. The molecule has 0 atom stereocenters. The molecule has 0 aliphatic heterocycles. The molecule has 3 aromatic rings. The molecule has 6 nitrogen and oxygen atoms in total. The average Bonchev–Trinajstić information content (AvgIpc) is 3.01. The van der Waals surface area contributed by atoms with Gasteiger partial charge in [0.25, 0.3) is 5.91 Å². The summed E-state index contributed by atoms with van der Waals surface area (Å²) in [6, 6.07) is 7.02. The molecule has 2 aromatic heterocycles. The van der Waals surface area contributed by atoms with Gasteiger partial charge in [-0.2, -0.15) is 0 Å². The molecule has 0 aliphatic carbocycles. The summed E-state index contributed by atoms with van der Waals surface area (Å²) in [7, 11) is 0. The van der Waals surface area contributed by atoms with Crippen molar-refractivity contribution < 1.29 is 9.59 Å². The summed E-state index contributed by atoms with van der Waals surface area (Å²) in [5, 5.41) is 4.78. The Kier molecular flexibility index (Phi) is 7.10. The van der Waals surface area contributed by atoms with Crippen molar-refractivity contribution in [2.75, 3.05) is 24.2 Å². The molecule has 2 amide bonds. The van der Waals surface area contributed by atoms with Crippen molar-refractivity contribution in [2.24, 2.45) is 0 Å². The fraction of sp³-hybridized carbons (Fsp3) is 0.364. The molecule has 0 saturated heterocycles. The molecule has 8 heteroatoms. The quantitative estimate of drug-likeness (QED) is 0.419. The lowest BCUT2D eigenvalue weighted by Gasteiger charge is -2.18. The fourth-order valence-electron chi connectivity index (χ4n) is 3.14. The van der Waals surface area contributed by atoms with Gasteiger partial charge in [0.05, 0.1) is 5.75 Å². The molecule has 0 fully saturated rings. The Labute approximate surface area is 185 Å². The third-order valence-electron chi connectivity index (χ3n) is 4.91. The van der Waals surface area contributed by atoms with Crippen LogP contribution in [-0.4, -0.2) is 45.5 Å². The summed E-state index contributed by atoms with van der Waals surface area (Å²) in [5.41, 5.74) is 2.46. The van der Waals surface area contributed by atoms with Crippen LogP contribution in [0.1, 0.15) is 40.5 Å². The summed E-state index contributed by atoms with van der Waals surface area (Å²) < 4.78 is 0. The standard InChI is InChI=1S/C22H26N4O2S2/c1-6-26(7-2)22(28)16-8-10-17(11-9-16)25-18(27)12-29-20-19-13(3)14(4)30-21(19)24-15(5)23-20/h8-11H,6-7,12H2,1-5H3,(H,25,27). The van der Waals surface area contributed by atoms with E-state index in [2.05, 4.69) is 29.1 Å². The number of carbonyl (C=O) groups is 2. The number of hydrogen-bond acceptors (Lipinski definition) is 6. The lowest BCUT2D eigenvalue weighted by atomic mass is 10.2. The van der Waals surface area contributed by atoms with E-state index in [0.29, 0.717) is 30.2 Å². The molecular weight excluding hydrogens is 416 g/mol. The minimum Gasteiger partial charge on any atom is -0.339 e. The number of aryl methyl sites for hydroxylation is 3. The smallest absolute Gasteiger partial charge is 0.253 e. The van der Waals surface area contributed by atoms with E-state index in [-0.39, 0.29) is 17.6 Å². The summed E-state index contributed by atoms with van der Waals surface area (Å²) >= 11 is 3.08. The first kappa shape index (κ1) is 22.2. The highest BCUT2D eigenvalue weighted by Crippen LogP contribution is 2.35. The van der Waals surface area contributed by atoms with E-state index in [9.17, 15) is 9.59 Å². The predicted molar refractivity (Wildman–Crippen MR) is 125 cm³/mol. The van der Waals surface area contributed by atoms with Crippen LogP contribution in [0, 0.1) is 20.8 Å². The predicted octanol–water partition coefficient (Wildman–Crippen LogP) is 4.83. The topological polar surface area (TPSA) is 75.2 Å². The Morgan fingerprint density at radius 3 is 2.37 bits per heavy atom. The highest BCUT2D eigenvalue weighted by Gasteiger charge is 2.16. The Hall–Kier alpha value is -2.45. The Bertz CT molecular complexity index is 1070. The van der Waals surface area contributed by atoms with Gasteiger partial charge in [0.15, 0.2) is 0 Å². The lowest BCUT2D eigenvalue weighted by Crippen LogP contribution is -2.30. The van der Waals surface area contributed by atoms with Gasteiger partial charge < -0.3 is 10.2 Å². The van der Waals surface area contributed by atoms with Crippen LogP contribution in [0.2, 0.25) is 0 Å². The second-order valence-electron chi connectivity index (χ2n) is 6.93. The van der Waals surface area contributed by atoms with Gasteiger partial charge in [0.1, 0.15) is 15.7 Å². The van der Waals surface area contributed by atoms with Crippen molar-refractivity contribution in [1.82, 2.24) is 14.9 Å². The Morgan fingerprint density at radius 2 is 1.73 bits per heavy atom. The van der Waals surface area contributed by atoms with Gasteiger partial charge in [-0.3, -0.25) is 9.59 Å². The van der Waals surface area contributed by atoms with E-state index in [0.717, 1.165) is 15.2 Å². The monoisotopic (exact) mass is 442 g/mol. The van der Waals surface area contributed by atoms with E-state index >= 15 is 0 Å². The average molecular weight is 443 g/mol. The van der Waals surface area contributed by atoms with Crippen LogP contribution >= 0.6 is 23.1 Å². The molecule has 2 heterocycles. The second-order valence-corrected chi connectivity index (χ2v) is 9.10.